The number of hydrogen-bond donors (Lipinski definition) is 1. The summed E-state index contributed by atoms with van der Waals surface area (Å²) in [6.07, 6.45) is 8.89. The number of nitrogens with one attached hydrogen (secondary N) is 1. The number of hydrogen-bond acceptors (Lipinski definition) is 5. The van der Waals surface area contributed by atoms with E-state index < -0.39 is 0 Å². The third-order valence-corrected chi connectivity index (χ3v) is 4.22. The molecular weight excluding hydrogens is 252 g/mol. The van der Waals surface area contributed by atoms with Crippen molar-refractivity contribution < 1.29 is 4.74 Å². The molecule has 0 amide bonds. The lowest BCUT2D eigenvalue weighted by molar-refractivity contribution is -0.0127. The SMILES string of the molecule is CCOC1CC(NC2CCCN(c3ncccn3)C2)C1. The monoisotopic (exact) mass is 276 g/mol. The largest absolute Gasteiger partial charge is 0.378 e. The first-order valence-electron chi connectivity index (χ1n) is 7.74. The Hall–Kier alpha value is -1.20. The fourth-order valence-corrected chi connectivity index (χ4v) is 3.16. The van der Waals surface area contributed by atoms with E-state index in [1.165, 1.54) is 12.8 Å². The molecule has 110 valence electrons. The summed E-state index contributed by atoms with van der Waals surface area (Å²) in [6.45, 7) is 4.98. The zero-order valence-corrected chi connectivity index (χ0v) is 12.2. The molecule has 2 fully saturated rings. The predicted octanol–water partition coefficient (Wildman–Crippen LogP) is 1.60. The van der Waals surface area contributed by atoms with Crippen LogP contribution in [0, 0.1) is 0 Å². The first-order valence-corrected chi connectivity index (χ1v) is 7.74. The lowest BCUT2D eigenvalue weighted by Gasteiger charge is -2.41. The minimum atomic E-state index is 0.481. The lowest BCUT2D eigenvalue weighted by Crippen LogP contribution is -2.54. The average Bonchev–Trinajstić information content (AvgIpc) is 2.46. The summed E-state index contributed by atoms with van der Waals surface area (Å²) in [5, 5.41) is 3.77. The molecule has 0 bridgehead atoms. The molecular formula is C15H24N4O. The van der Waals surface area contributed by atoms with Gasteiger partial charge in [0.25, 0.3) is 0 Å². The number of aromatic nitrogens is 2. The van der Waals surface area contributed by atoms with Crippen molar-refractivity contribution in [3.05, 3.63) is 18.5 Å². The van der Waals surface area contributed by atoms with Crippen LogP contribution in [0.1, 0.15) is 32.6 Å². The molecule has 1 saturated heterocycles. The van der Waals surface area contributed by atoms with Gasteiger partial charge in [-0.15, -0.1) is 0 Å². The van der Waals surface area contributed by atoms with Crippen LogP contribution in [0.2, 0.25) is 0 Å². The molecule has 5 nitrogen and oxygen atoms in total. The Morgan fingerprint density at radius 3 is 2.85 bits per heavy atom. The molecule has 1 aromatic rings. The Labute approximate surface area is 120 Å². The third-order valence-electron chi connectivity index (χ3n) is 4.22. The molecule has 1 aromatic heterocycles. The fourth-order valence-electron chi connectivity index (χ4n) is 3.16. The molecule has 1 atom stereocenters. The lowest BCUT2D eigenvalue weighted by atomic mass is 9.88. The van der Waals surface area contributed by atoms with Crippen LogP contribution < -0.4 is 10.2 Å². The second-order valence-electron chi connectivity index (χ2n) is 5.75. The van der Waals surface area contributed by atoms with Crippen LogP contribution in [-0.2, 0) is 4.74 Å². The van der Waals surface area contributed by atoms with E-state index in [9.17, 15) is 0 Å². The maximum absolute atomic E-state index is 5.62. The van der Waals surface area contributed by atoms with E-state index in [2.05, 4.69) is 27.1 Å². The minimum Gasteiger partial charge on any atom is -0.378 e. The highest BCUT2D eigenvalue weighted by Gasteiger charge is 2.32. The van der Waals surface area contributed by atoms with Crippen molar-refractivity contribution in [3.8, 4) is 0 Å². The van der Waals surface area contributed by atoms with Gasteiger partial charge in [-0.1, -0.05) is 0 Å². The zero-order valence-electron chi connectivity index (χ0n) is 12.2. The number of rotatable bonds is 5. The summed E-state index contributed by atoms with van der Waals surface area (Å²) in [4.78, 5) is 11.0. The average molecular weight is 276 g/mol. The van der Waals surface area contributed by atoms with E-state index in [-0.39, 0.29) is 0 Å². The van der Waals surface area contributed by atoms with Crippen molar-refractivity contribution in [2.24, 2.45) is 0 Å². The van der Waals surface area contributed by atoms with E-state index in [4.69, 9.17) is 4.74 Å². The molecule has 20 heavy (non-hydrogen) atoms. The van der Waals surface area contributed by atoms with Crippen LogP contribution in [0.15, 0.2) is 18.5 Å². The molecule has 1 N–H and O–H groups in total. The summed E-state index contributed by atoms with van der Waals surface area (Å²) < 4.78 is 5.62. The van der Waals surface area contributed by atoms with Gasteiger partial charge >= 0.3 is 0 Å². The Morgan fingerprint density at radius 2 is 2.10 bits per heavy atom. The number of ether oxygens (including phenoxy) is 1. The molecule has 2 aliphatic rings. The highest BCUT2D eigenvalue weighted by atomic mass is 16.5. The van der Waals surface area contributed by atoms with Gasteiger partial charge in [0, 0.05) is 44.2 Å². The minimum absolute atomic E-state index is 0.481. The van der Waals surface area contributed by atoms with Crippen molar-refractivity contribution in [2.45, 2.75) is 50.8 Å². The van der Waals surface area contributed by atoms with Gasteiger partial charge in [0.15, 0.2) is 0 Å². The van der Waals surface area contributed by atoms with E-state index >= 15 is 0 Å². The Balaban J connectivity index is 1.47. The standard InChI is InChI=1S/C15H24N4O/c1-2-20-14-9-13(10-14)18-12-5-3-8-19(11-12)15-16-6-4-7-17-15/h4,6-7,12-14,18H,2-3,5,8-11H2,1H3. The van der Waals surface area contributed by atoms with E-state index in [1.807, 2.05) is 18.5 Å². The van der Waals surface area contributed by atoms with Crippen molar-refractivity contribution in [3.63, 3.8) is 0 Å². The van der Waals surface area contributed by atoms with Crippen LogP contribution >= 0.6 is 0 Å². The molecule has 2 heterocycles. The molecule has 1 aliphatic heterocycles. The zero-order chi connectivity index (χ0) is 13.8. The Kier molecular flexibility index (Phi) is 4.47. The number of anilines is 1. The maximum Gasteiger partial charge on any atom is 0.225 e. The topological polar surface area (TPSA) is 50.3 Å². The summed E-state index contributed by atoms with van der Waals surface area (Å²) in [5.41, 5.74) is 0. The Morgan fingerprint density at radius 1 is 1.30 bits per heavy atom. The molecule has 0 radical (unpaired) electrons. The quantitative estimate of drug-likeness (QED) is 0.885. The maximum atomic E-state index is 5.62. The smallest absolute Gasteiger partial charge is 0.225 e. The van der Waals surface area contributed by atoms with Gasteiger partial charge in [0.1, 0.15) is 0 Å². The predicted molar refractivity (Wildman–Crippen MR) is 78.8 cm³/mol. The van der Waals surface area contributed by atoms with Gasteiger partial charge in [0.05, 0.1) is 6.10 Å². The van der Waals surface area contributed by atoms with Crippen molar-refractivity contribution in [1.82, 2.24) is 15.3 Å². The summed E-state index contributed by atoms with van der Waals surface area (Å²) in [5.74, 6) is 0.861. The second-order valence-corrected chi connectivity index (χ2v) is 5.75. The van der Waals surface area contributed by atoms with Crippen molar-refractivity contribution in [2.75, 3.05) is 24.6 Å². The Bertz CT molecular complexity index is 408. The van der Waals surface area contributed by atoms with Crippen molar-refractivity contribution in [1.29, 1.82) is 0 Å². The molecule has 1 aliphatic carbocycles. The molecule has 5 heteroatoms. The summed E-state index contributed by atoms with van der Waals surface area (Å²) >= 11 is 0. The van der Waals surface area contributed by atoms with Gasteiger partial charge in [-0.25, -0.2) is 9.97 Å². The fraction of sp³-hybridized carbons (Fsp3) is 0.733. The van der Waals surface area contributed by atoms with Crippen LogP contribution in [0.25, 0.3) is 0 Å². The summed E-state index contributed by atoms with van der Waals surface area (Å²) in [7, 11) is 0. The van der Waals surface area contributed by atoms with E-state index in [0.717, 1.165) is 38.5 Å². The molecule has 0 aromatic carbocycles. The van der Waals surface area contributed by atoms with Gasteiger partial charge in [-0.3, -0.25) is 0 Å². The second kappa shape index (κ2) is 6.50. The van der Waals surface area contributed by atoms with Gasteiger partial charge in [-0.2, -0.15) is 0 Å². The van der Waals surface area contributed by atoms with Crippen LogP contribution in [0.3, 0.4) is 0 Å². The van der Waals surface area contributed by atoms with Gasteiger partial charge < -0.3 is 15.0 Å². The highest BCUT2D eigenvalue weighted by molar-refractivity contribution is 5.29. The molecule has 1 saturated carbocycles. The third kappa shape index (κ3) is 3.27. The normalized spacial score (nSPS) is 30.1. The molecule has 1 unspecified atom stereocenters. The van der Waals surface area contributed by atoms with Crippen molar-refractivity contribution >= 4 is 5.95 Å². The van der Waals surface area contributed by atoms with E-state index in [1.54, 1.807) is 0 Å². The van der Waals surface area contributed by atoms with Crippen LogP contribution in [0.5, 0.6) is 0 Å². The van der Waals surface area contributed by atoms with E-state index in [0.29, 0.717) is 18.2 Å². The van der Waals surface area contributed by atoms with Crippen LogP contribution in [-0.4, -0.2) is 47.9 Å². The summed E-state index contributed by atoms with van der Waals surface area (Å²) in [6, 6.07) is 3.05. The first kappa shape index (κ1) is 13.8. The number of piperidine rings is 1. The highest BCUT2D eigenvalue weighted by Crippen LogP contribution is 2.25. The first-order chi connectivity index (χ1) is 9.85. The van der Waals surface area contributed by atoms with Gasteiger partial charge in [0.2, 0.25) is 5.95 Å². The molecule has 3 rings (SSSR count). The van der Waals surface area contributed by atoms with Crippen LogP contribution in [0.4, 0.5) is 5.95 Å². The number of nitrogens with zero attached hydrogens (tertiary/aromatic N) is 3. The molecule has 0 spiro atoms. The van der Waals surface area contributed by atoms with Gasteiger partial charge in [-0.05, 0) is 38.7 Å².